The molecule has 3 fully saturated rings. The molecule has 5 rings (SSSR count). The number of aliphatic hydroxyl groups is 1. The molecule has 5 atom stereocenters. The lowest BCUT2D eigenvalue weighted by atomic mass is 9.87. The van der Waals surface area contributed by atoms with Crippen molar-refractivity contribution in [1.29, 1.82) is 0 Å². The van der Waals surface area contributed by atoms with Crippen LogP contribution in [0.25, 0.3) is 0 Å². The zero-order valence-corrected chi connectivity index (χ0v) is 17.3. The third-order valence-electron chi connectivity index (χ3n) is 6.86. The first-order valence-electron chi connectivity index (χ1n) is 11.1. The Hall–Kier alpha value is -1.83. The number of hydrogen-bond acceptors (Lipinski definition) is 6. The number of ether oxygens (including phenoxy) is 2. The van der Waals surface area contributed by atoms with Gasteiger partial charge in [0, 0.05) is 18.9 Å². The van der Waals surface area contributed by atoms with E-state index in [1.807, 2.05) is 12.1 Å². The number of benzene rings is 1. The molecule has 2 N–H and O–H groups in total. The Labute approximate surface area is 178 Å². The van der Waals surface area contributed by atoms with Gasteiger partial charge in [0.05, 0.1) is 24.8 Å². The van der Waals surface area contributed by atoms with Gasteiger partial charge in [0.25, 0.3) is 0 Å². The Balaban J connectivity index is 1.20. The lowest BCUT2D eigenvalue weighted by molar-refractivity contribution is -0.186. The van der Waals surface area contributed by atoms with Gasteiger partial charge >= 0.3 is 0 Å². The molecule has 4 heterocycles. The highest BCUT2D eigenvalue weighted by Gasteiger charge is 2.52. The summed E-state index contributed by atoms with van der Waals surface area (Å²) in [5.74, 6) is 0.697. The number of aliphatic hydroxyl groups excluding tert-OH is 1. The lowest BCUT2D eigenvalue weighted by Crippen LogP contribution is -2.65. The molecule has 2 aromatic rings. The molecule has 6 heteroatoms. The summed E-state index contributed by atoms with van der Waals surface area (Å²) in [5.41, 5.74) is 2.57. The van der Waals surface area contributed by atoms with Crippen LogP contribution >= 0.6 is 0 Å². The predicted octanol–water partition coefficient (Wildman–Crippen LogP) is 1.98. The molecule has 0 amide bonds. The number of likely N-dealkylation sites (tertiary alicyclic amines) is 1. The normalized spacial score (nSPS) is 32.4. The summed E-state index contributed by atoms with van der Waals surface area (Å²) in [6, 6.07) is 14.5. The van der Waals surface area contributed by atoms with Crippen LogP contribution in [0.2, 0.25) is 0 Å². The molecule has 0 saturated carbocycles. The van der Waals surface area contributed by atoms with Crippen molar-refractivity contribution in [2.75, 3.05) is 19.7 Å². The summed E-state index contributed by atoms with van der Waals surface area (Å²) in [7, 11) is 0. The van der Waals surface area contributed by atoms with E-state index < -0.39 is 6.10 Å². The second-order valence-electron chi connectivity index (χ2n) is 8.79. The first kappa shape index (κ1) is 20.1. The van der Waals surface area contributed by atoms with Crippen LogP contribution < -0.4 is 5.32 Å². The lowest BCUT2D eigenvalue weighted by Gasteiger charge is -2.46. The standard InChI is InChI=1S/C24H31N3O3/c28-23-21(26-15-19-6-10-25-11-7-19)20-16-29-24(30-20)22(23)27-12-8-18(9-13-27)14-17-4-2-1-3-5-17/h1-7,10-11,18,20-24,26,28H,8-9,12-16H2/t20-,21-,22-,23+,24-/m1/s1. The largest absolute Gasteiger partial charge is 0.390 e. The monoisotopic (exact) mass is 409 g/mol. The van der Waals surface area contributed by atoms with Crippen LogP contribution in [0.4, 0.5) is 0 Å². The van der Waals surface area contributed by atoms with Crippen molar-refractivity contribution in [3.8, 4) is 0 Å². The molecule has 0 unspecified atom stereocenters. The van der Waals surface area contributed by atoms with E-state index in [9.17, 15) is 5.11 Å². The van der Waals surface area contributed by atoms with Gasteiger partial charge in [0.15, 0.2) is 6.29 Å². The Morgan fingerprint density at radius 2 is 1.80 bits per heavy atom. The van der Waals surface area contributed by atoms with E-state index >= 15 is 0 Å². The Bertz CT molecular complexity index is 798. The molecule has 3 aliphatic rings. The average molecular weight is 410 g/mol. The van der Waals surface area contributed by atoms with Gasteiger partial charge in [-0.2, -0.15) is 0 Å². The summed E-state index contributed by atoms with van der Waals surface area (Å²) < 4.78 is 12.1. The maximum Gasteiger partial charge on any atom is 0.176 e. The molecular formula is C24H31N3O3. The molecule has 160 valence electrons. The van der Waals surface area contributed by atoms with Crippen molar-refractivity contribution < 1.29 is 14.6 Å². The molecule has 3 saturated heterocycles. The highest BCUT2D eigenvalue weighted by molar-refractivity contribution is 5.15. The minimum absolute atomic E-state index is 0.0984. The third kappa shape index (κ3) is 4.29. The van der Waals surface area contributed by atoms with Gasteiger partial charge in [-0.25, -0.2) is 0 Å². The van der Waals surface area contributed by atoms with Crippen LogP contribution in [-0.2, 0) is 22.4 Å². The number of aromatic nitrogens is 1. The molecule has 6 nitrogen and oxygen atoms in total. The van der Waals surface area contributed by atoms with Crippen LogP contribution in [0, 0.1) is 5.92 Å². The summed E-state index contributed by atoms with van der Waals surface area (Å²) >= 11 is 0. The Morgan fingerprint density at radius 1 is 1.03 bits per heavy atom. The number of rotatable bonds is 6. The summed E-state index contributed by atoms with van der Waals surface area (Å²) in [4.78, 5) is 6.46. The minimum Gasteiger partial charge on any atom is -0.390 e. The van der Waals surface area contributed by atoms with Crippen molar-refractivity contribution >= 4 is 0 Å². The van der Waals surface area contributed by atoms with Crippen LogP contribution in [0.3, 0.4) is 0 Å². The number of fused-ring (bicyclic) bond motifs is 2. The molecular weight excluding hydrogens is 378 g/mol. The quantitative estimate of drug-likeness (QED) is 0.761. The van der Waals surface area contributed by atoms with Gasteiger partial charge in [-0.1, -0.05) is 30.3 Å². The van der Waals surface area contributed by atoms with E-state index in [4.69, 9.17) is 9.47 Å². The fourth-order valence-corrected chi connectivity index (χ4v) is 5.18. The first-order chi connectivity index (χ1) is 14.8. The number of pyridine rings is 1. The molecule has 30 heavy (non-hydrogen) atoms. The highest BCUT2D eigenvalue weighted by atomic mass is 16.7. The molecule has 2 bridgehead atoms. The van der Waals surface area contributed by atoms with Gasteiger partial charge in [-0.15, -0.1) is 0 Å². The van der Waals surface area contributed by atoms with E-state index in [1.165, 1.54) is 5.56 Å². The van der Waals surface area contributed by atoms with Crippen LogP contribution in [0.5, 0.6) is 0 Å². The summed E-state index contributed by atoms with van der Waals surface area (Å²) in [5, 5.41) is 14.8. The van der Waals surface area contributed by atoms with Crippen LogP contribution in [0.1, 0.15) is 24.0 Å². The maximum absolute atomic E-state index is 11.3. The van der Waals surface area contributed by atoms with E-state index in [0.717, 1.165) is 37.9 Å². The van der Waals surface area contributed by atoms with Crippen LogP contribution in [0.15, 0.2) is 54.9 Å². The van der Waals surface area contributed by atoms with E-state index in [-0.39, 0.29) is 24.5 Å². The highest BCUT2D eigenvalue weighted by Crippen LogP contribution is 2.34. The number of hydrogen-bond donors (Lipinski definition) is 2. The average Bonchev–Trinajstić information content (AvgIpc) is 3.21. The Morgan fingerprint density at radius 3 is 2.57 bits per heavy atom. The number of piperidine rings is 1. The Kier molecular flexibility index (Phi) is 6.11. The second kappa shape index (κ2) is 9.12. The van der Waals surface area contributed by atoms with Crippen molar-refractivity contribution in [2.45, 2.75) is 56.4 Å². The predicted molar refractivity (Wildman–Crippen MR) is 114 cm³/mol. The van der Waals surface area contributed by atoms with Gasteiger partial charge in [-0.3, -0.25) is 9.88 Å². The van der Waals surface area contributed by atoms with Gasteiger partial charge in [-0.05, 0) is 61.5 Å². The van der Waals surface area contributed by atoms with E-state index in [1.54, 1.807) is 12.4 Å². The molecule has 3 aliphatic heterocycles. The molecule has 1 aromatic carbocycles. The third-order valence-corrected chi connectivity index (χ3v) is 6.86. The fourth-order valence-electron chi connectivity index (χ4n) is 5.18. The smallest absolute Gasteiger partial charge is 0.176 e. The zero-order chi connectivity index (χ0) is 20.3. The van der Waals surface area contributed by atoms with Crippen molar-refractivity contribution in [1.82, 2.24) is 15.2 Å². The number of nitrogens with one attached hydrogen (secondary N) is 1. The second-order valence-corrected chi connectivity index (χ2v) is 8.79. The van der Waals surface area contributed by atoms with Gasteiger partial charge in [0.1, 0.15) is 6.10 Å². The van der Waals surface area contributed by atoms with Gasteiger partial charge in [0.2, 0.25) is 0 Å². The summed E-state index contributed by atoms with van der Waals surface area (Å²) in [6.45, 7) is 3.17. The maximum atomic E-state index is 11.3. The SMILES string of the molecule is O[C@H]1[C@H](NCc2ccncc2)[C@H]2CO[C@H](O2)[C@@H]1N1CCC(Cc2ccccc2)CC1. The van der Waals surface area contributed by atoms with Crippen molar-refractivity contribution in [3.05, 3.63) is 66.0 Å². The molecule has 0 radical (unpaired) electrons. The van der Waals surface area contributed by atoms with E-state index in [2.05, 4.69) is 45.5 Å². The van der Waals surface area contributed by atoms with E-state index in [0.29, 0.717) is 19.1 Å². The summed E-state index contributed by atoms with van der Waals surface area (Å²) in [6.07, 6.45) is 6.07. The molecule has 0 spiro atoms. The number of nitrogens with zero attached hydrogens (tertiary/aromatic N) is 2. The first-order valence-corrected chi connectivity index (χ1v) is 11.1. The fraction of sp³-hybridized carbons (Fsp3) is 0.542. The molecule has 1 aromatic heterocycles. The van der Waals surface area contributed by atoms with Crippen LogP contribution in [-0.4, -0.2) is 65.3 Å². The minimum atomic E-state index is -0.510. The topological polar surface area (TPSA) is 66.8 Å². The molecule has 0 aliphatic carbocycles. The van der Waals surface area contributed by atoms with Crippen molar-refractivity contribution in [2.24, 2.45) is 5.92 Å². The van der Waals surface area contributed by atoms with Gasteiger partial charge < -0.3 is 19.9 Å². The van der Waals surface area contributed by atoms with Crippen molar-refractivity contribution in [3.63, 3.8) is 0 Å². The zero-order valence-electron chi connectivity index (χ0n) is 17.3.